The lowest BCUT2D eigenvalue weighted by Crippen LogP contribution is -2.40. The molecule has 0 bridgehead atoms. The fourth-order valence-electron chi connectivity index (χ4n) is 2.96. The Kier molecular flexibility index (Phi) is 6.26. The van der Waals surface area contributed by atoms with Gasteiger partial charge < -0.3 is 19.7 Å². The second kappa shape index (κ2) is 9.03. The topological polar surface area (TPSA) is 84.9 Å². The third kappa shape index (κ3) is 4.68. The summed E-state index contributed by atoms with van der Waals surface area (Å²) in [5.74, 6) is -0.567. The minimum Gasteiger partial charge on any atom is -0.482 e. The van der Waals surface area contributed by atoms with Gasteiger partial charge in [-0.3, -0.25) is 14.4 Å². The molecule has 146 valence electrons. The Morgan fingerprint density at radius 3 is 2.71 bits per heavy atom. The predicted molar refractivity (Wildman–Crippen MR) is 104 cm³/mol. The molecule has 1 aliphatic rings. The molecule has 0 saturated heterocycles. The number of fused-ring (bicyclic) bond motifs is 1. The first-order chi connectivity index (χ1) is 13.6. The number of hydrogen-bond donors (Lipinski definition) is 1. The molecular weight excluding hydrogens is 360 g/mol. The number of aryl methyl sites for hydroxylation is 1. The Balaban J connectivity index is 1.48. The normalized spacial score (nSPS) is 12.8. The molecule has 7 heteroatoms. The summed E-state index contributed by atoms with van der Waals surface area (Å²) in [5, 5.41) is 2.75. The number of carbonyl (C=O) groups is 3. The van der Waals surface area contributed by atoms with Gasteiger partial charge in [0.05, 0.1) is 12.1 Å². The van der Waals surface area contributed by atoms with Crippen molar-refractivity contribution in [2.45, 2.75) is 19.8 Å². The van der Waals surface area contributed by atoms with Crippen LogP contribution >= 0.6 is 0 Å². The largest absolute Gasteiger partial charge is 0.482 e. The van der Waals surface area contributed by atoms with E-state index in [0.29, 0.717) is 17.1 Å². The highest BCUT2D eigenvalue weighted by molar-refractivity contribution is 5.98. The van der Waals surface area contributed by atoms with Crippen LogP contribution in [0.25, 0.3) is 0 Å². The highest BCUT2D eigenvalue weighted by Gasteiger charge is 2.25. The lowest BCUT2D eigenvalue weighted by Gasteiger charge is -2.28. The summed E-state index contributed by atoms with van der Waals surface area (Å²) in [5.41, 5.74) is 2.34. The maximum absolute atomic E-state index is 12.1. The number of para-hydroxylation sites is 3. The number of amides is 2. The van der Waals surface area contributed by atoms with E-state index in [9.17, 15) is 14.4 Å². The fraction of sp³-hybridized carbons (Fsp3) is 0.286. The van der Waals surface area contributed by atoms with Crippen molar-refractivity contribution in [3.63, 3.8) is 0 Å². The molecule has 1 aliphatic heterocycles. The second-order valence-corrected chi connectivity index (χ2v) is 6.27. The van der Waals surface area contributed by atoms with Gasteiger partial charge in [-0.2, -0.15) is 0 Å². The summed E-state index contributed by atoms with van der Waals surface area (Å²) in [6.45, 7) is 1.73. The number of carbonyl (C=O) groups excluding carboxylic acids is 3. The summed E-state index contributed by atoms with van der Waals surface area (Å²) >= 11 is 0. The van der Waals surface area contributed by atoms with E-state index >= 15 is 0 Å². The van der Waals surface area contributed by atoms with Crippen LogP contribution in [0.2, 0.25) is 0 Å². The van der Waals surface area contributed by atoms with Gasteiger partial charge in [0.25, 0.3) is 11.8 Å². The highest BCUT2D eigenvalue weighted by Crippen LogP contribution is 2.31. The number of esters is 1. The molecule has 2 aromatic rings. The van der Waals surface area contributed by atoms with E-state index in [-0.39, 0.29) is 32.1 Å². The van der Waals surface area contributed by atoms with Crippen molar-refractivity contribution in [1.82, 2.24) is 0 Å². The summed E-state index contributed by atoms with van der Waals surface area (Å²) in [4.78, 5) is 37.6. The van der Waals surface area contributed by atoms with Crippen molar-refractivity contribution in [2.75, 3.05) is 30.0 Å². The van der Waals surface area contributed by atoms with Crippen LogP contribution < -0.4 is 15.0 Å². The van der Waals surface area contributed by atoms with Gasteiger partial charge in [0.1, 0.15) is 5.75 Å². The molecule has 0 spiro atoms. The molecule has 0 atom stereocenters. The smallest absolute Gasteiger partial charge is 0.308 e. The molecule has 0 radical (unpaired) electrons. The first-order valence-electron chi connectivity index (χ1n) is 9.14. The molecule has 7 nitrogen and oxygen atoms in total. The Hall–Kier alpha value is -3.35. The van der Waals surface area contributed by atoms with Gasteiger partial charge in [0, 0.05) is 12.2 Å². The molecule has 2 amide bonds. The molecule has 0 fully saturated rings. The van der Waals surface area contributed by atoms with E-state index in [2.05, 4.69) is 5.32 Å². The number of anilines is 2. The fourth-order valence-corrected chi connectivity index (χ4v) is 2.96. The first kappa shape index (κ1) is 19.4. The van der Waals surface area contributed by atoms with Gasteiger partial charge in [-0.25, -0.2) is 0 Å². The highest BCUT2D eigenvalue weighted by atomic mass is 16.5. The number of rotatable bonds is 7. The predicted octanol–water partition coefficient (Wildman–Crippen LogP) is 2.55. The summed E-state index contributed by atoms with van der Waals surface area (Å²) < 4.78 is 10.4. The third-order valence-corrected chi connectivity index (χ3v) is 4.38. The maximum Gasteiger partial charge on any atom is 0.308 e. The molecule has 28 heavy (non-hydrogen) atoms. The number of hydrogen-bond acceptors (Lipinski definition) is 5. The molecule has 1 N–H and O–H groups in total. The number of nitrogens with zero attached hydrogens (tertiary/aromatic N) is 1. The Bertz CT molecular complexity index is 881. The number of benzene rings is 2. The third-order valence-electron chi connectivity index (χ3n) is 4.38. The Labute approximate surface area is 163 Å². The molecule has 0 saturated carbocycles. The van der Waals surface area contributed by atoms with E-state index in [0.717, 1.165) is 12.0 Å². The van der Waals surface area contributed by atoms with Crippen LogP contribution in [0.5, 0.6) is 5.75 Å². The van der Waals surface area contributed by atoms with E-state index in [1.54, 1.807) is 24.3 Å². The lowest BCUT2D eigenvalue weighted by atomic mass is 10.1. The van der Waals surface area contributed by atoms with Gasteiger partial charge in [-0.15, -0.1) is 0 Å². The SMILES string of the molecule is CCc1ccccc1NC(=O)COC(=O)CCN1C(=O)COc2ccccc21. The Morgan fingerprint density at radius 2 is 1.89 bits per heavy atom. The first-order valence-corrected chi connectivity index (χ1v) is 9.14. The van der Waals surface area contributed by atoms with Crippen LogP contribution in [0.1, 0.15) is 18.9 Å². The molecule has 3 rings (SSSR count). The zero-order valence-electron chi connectivity index (χ0n) is 15.6. The molecule has 2 aromatic carbocycles. The minimum absolute atomic E-state index is 0.0150. The van der Waals surface area contributed by atoms with Crippen LogP contribution in [-0.4, -0.2) is 37.5 Å². The van der Waals surface area contributed by atoms with Crippen LogP contribution in [0.15, 0.2) is 48.5 Å². The maximum atomic E-state index is 12.1. The summed E-state index contributed by atoms with van der Waals surface area (Å²) in [6.07, 6.45) is 0.768. The lowest BCUT2D eigenvalue weighted by molar-refractivity contribution is -0.147. The monoisotopic (exact) mass is 382 g/mol. The van der Waals surface area contributed by atoms with Crippen LogP contribution in [0, 0.1) is 0 Å². The van der Waals surface area contributed by atoms with Gasteiger partial charge in [-0.05, 0) is 30.2 Å². The average molecular weight is 382 g/mol. The van der Waals surface area contributed by atoms with E-state index in [1.165, 1.54) is 4.90 Å². The van der Waals surface area contributed by atoms with Gasteiger partial charge in [0.2, 0.25) is 0 Å². The number of ether oxygens (including phenoxy) is 2. The molecule has 0 aromatic heterocycles. The van der Waals surface area contributed by atoms with Crippen molar-refractivity contribution >= 4 is 29.2 Å². The van der Waals surface area contributed by atoms with Crippen molar-refractivity contribution in [2.24, 2.45) is 0 Å². The van der Waals surface area contributed by atoms with Crippen molar-refractivity contribution in [1.29, 1.82) is 0 Å². The zero-order valence-corrected chi connectivity index (χ0v) is 15.6. The Morgan fingerprint density at radius 1 is 1.14 bits per heavy atom. The van der Waals surface area contributed by atoms with E-state index in [4.69, 9.17) is 9.47 Å². The quantitative estimate of drug-likeness (QED) is 0.744. The standard InChI is InChI=1S/C21H22N2O5/c1-2-15-7-3-4-8-16(15)22-19(24)13-28-21(26)11-12-23-17-9-5-6-10-18(17)27-14-20(23)25/h3-10H,2,11-14H2,1H3,(H,22,24). The van der Waals surface area contributed by atoms with Gasteiger partial charge >= 0.3 is 5.97 Å². The van der Waals surface area contributed by atoms with Gasteiger partial charge in [-0.1, -0.05) is 37.3 Å². The van der Waals surface area contributed by atoms with Gasteiger partial charge in [0.15, 0.2) is 13.2 Å². The van der Waals surface area contributed by atoms with Crippen LogP contribution in [-0.2, 0) is 25.5 Å². The molecular formula is C21H22N2O5. The van der Waals surface area contributed by atoms with Crippen molar-refractivity contribution in [3.8, 4) is 5.75 Å². The van der Waals surface area contributed by atoms with E-state index in [1.807, 2.05) is 31.2 Å². The summed E-state index contributed by atoms with van der Waals surface area (Å²) in [6, 6.07) is 14.6. The molecule has 0 unspecified atom stereocenters. The van der Waals surface area contributed by atoms with Crippen LogP contribution in [0.3, 0.4) is 0 Å². The van der Waals surface area contributed by atoms with Crippen molar-refractivity contribution < 1.29 is 23.9 Å². The van der Waals surface area contributed by atoms with E-state index < -0.39 is 11.9 Å². The van der Waals surface area contributed by atoms with Crippen molar-refractivity contribution in [3.05, 3.63) is 54.1 Å². The van der Waals surface area contributed by atoms with Crippen LogP contribution in [0.4, 0.5) is 11.4 Å². The average Bonchev–Trinajstić information content (AvgIpc) is 2.72. The number of nitrogens with one attached hydrogen (secondary N) is 1. The molecule has 1 heterocycles. The minimum atomic E-state index is -0.546. The summed E-state index contributed by atoms with van der Waals surface area (Å²) in [7, 11) is 0. The molecule has 0 aliphatic carbocycles. The second-order valence-electron chi connectivity index (χ2n) is 6.27. The zero-order chi connectivity index (χ0) is 19.9.